The molecule has 0 N–H and O–H groups in total. The lowest BCUT2D eigenvalue weighted by Crippen LogP contribution is -3.00. The summed E-state index contributed by atoms with van der Waals surface area (Å²) >= 11 is 0. The van der Waals surface area contributed by atoms with Crippen LogP contribution in [0.3, 0.4) is 0 Å². The lowest BCUT2D eigenvalue weighted by atomic mass is 9.88. The van der Waals surface area contributed by atoms with E-state index in [9.17, 15) is 9.59 Å². The smallest absolute Gasteiger partial charge is 0.517 e. The molecule has 334 valence electrons. The van der Waals surface area contributed by atoms with Crippen molar-refractivity contribution in [1.29, 1.82) is 0 Å². The van der Waals surface area contributed by atoms with Crippen LogP contribution in [0.2, 0.25) is 0 Å². The molecule has 9 heteroatoms. The number of quaternary nitrogens is 1. The largest absolute Gasteiger partial charge is 1.00 e. The van der Waals surface area contributed by atoms with Gasteiger partial charge in [-0.3, -0.25) is 9.59 Å². The molecular weight excluding hydrogens is 777 g/mol. The molecule has 1 fully saturated rings. The Morgan fingerprint density at radius 3 is 1.32 bits per heavy atom. The first kappa shape index (κ1) is 55.8. The first-order chi connectivity index (χ1) is 26.8. The number of nitrogens with zero attached hydrogens (tertiary/aromatic N) is 1. The van der Waals surface area contributed by atoms with E-state index in [0.29, 0.717) is 30.3 Å². The van der Waals surface area contributed by atoms with Gasteiger partial charge in [0.1, 0.15) is 19.6 Å². The second-order valence-electron chi connectivity index (χ2n) is 18.5. The molecule has 1 aliphatic rings. The number of likely N-dealkylation sites (N-methyl/N-ethyl adjacent to an activating group) is 1. The van der Waals surface area contributed by atoms with Gasteiger partial charge in [0.25, 0.3) is 0 Å². The normalized spacial score (nSPS) is 15.7. The van der Waals surface area contributed by atoms with Gasteiger partial charge in [-0.15, -0.1) is 0 Å². The van der Waals surface area contributed by atoms with Crippen molar-refractivity contribution >= 4 is 19.1 Å². The minimum absolute atomic E-state index is 0. The molecule has 0 aromatic carbocycles. The number of carbonyl (C=O) groups excluding carboxylic acids is 2. The Morgan fingerprint density at radius 2 is 0.912 bits per heavy atom. The summed E-state index contributed by atoms with van der Waals surface area (Å²) in [5, 5.41) is 0. The zero-order chi connectivity index (χ0) is 41.4. The van der Waals surface area contributed by atoms with Crippen molar-refractivity contribution in [2.24, 2.45) is 0 Å². The molecule has 1 rings (SSSR count). The average molecular weight is 869 g/mol. The third-order valence-corrected chi connectivity index (χ3v) is 11.7. The Hall–Kier alpha value is -1.16. The van der Waals surface area contributed by atoms with E-state index in [2.05, 4.69) is 79.9 Å². The fourth-order valence-corrected chi connectivity index (χ4v) is 7.38. The molecule has 0 bridgehead atoms. The first-order valence-electron chi connectivity index (χ1n) is 23.6. The SMILES string of the molecule is CCCCCCCC/C=C\CCCCCCCC(=O)OCC(C[N+](C)(C)CB1OC(C)(C)C(C)(C)O1)OC(=O)CCCCCCC/C=C\CCCCCCCC.[Br-]. The van der Waals surface area contributed by atoms with Gasteiger partial charge in [0, 0.05) is 12.8 Å². The second-order valence-corrected chi connectivity index (χ2v) is 18.5. The van der Waals surface area contributed by atoms with Crippen LogP contribution in [0.15, 0.2) is 24.3 Å². The van der Waals surface area contributed by atoms with Gasteiger partial charge in [-0.05, 0) is 91.9 Å². The topological polar surface area (TPSA) is 71.1 Å². The van der Waals surface area contributed by atoms with Gasteiger partial charge in [0.2, 0.25) is 0 Å². The highest BCUT2D eigenvalue weighted by Gasteiger charge is 2.53. The summed E-state index contributed by atoms with van der Waals surface area (Å²) < 4.78 is 24.8. The number of carbonyl (C=O) groups is 2. The third-order valence-electron chi connectivity index (χ3n) is 11.7. The van der Waals surface area contributed by atoms with Crippen molar-refractivity contribution in [3.8, 4) is 0 Å². The van der Waals surface area contributed by atoms with Crippen LogP contribution in [0.25, 0.3) is 0 Å². The van der Waals surface area contributed by atoms with Crippen LogP contribution in [-0.4, -0.2) is 74.5 Å². The van der Waals surface area contributed by atoms with E-state index >= 15 is 0 Å². The average Bonchev–Trinajstić information content (AvgIpc) is 3.33. The molecule has 57 heavy (non-hydrogen) atoms. The van der Waals surface area contributed by atoms with Crippen molar-refractivity contribution in [1.82, 2.24) is 0 Å². The Bertz CT molecular complexity index is 1030. The highest BCUT2D eigenvalue weighted by Crippen LogP contribution is 2.37. The predicted octanol–water partition coefficient (Wildman–Crippen LogP) is 10.2. The maximum atomic E-state index is 13.0. The monoisotopic (exact) mass is 868 g/mol. The van der Waals surface area contributed by atoms with E-state index in [1.807, 2.05) is 0 Å². The molecule has 1 unspecified atom stereocenters. The van der Waals surface area contributed by atoms with Gasteiger partial charge in [-0.1, -0.05) is 141 Å². The Labute approximate surface area is 364 Å². The second kappa shape index (κ2) is 34.5. The lowest BCUT2D eigenvalue weighted by molar-refractivity contribution is -0.884. The lowest BCUT2D eigenvalue weighted by Gasteiger charge is -2.33. The minimum atomic E-state index is -0.527. The van der Waals surface area contributed by atoms with Gasteiger partial charge < -0.3 is 40.2 Å². The number of allylic oxidation sites excluding steroid dienone is 4. The molecule has 0 saturated carbocycles. The van der Waals surface area contributed by atoms with E-state index in [4.69, 9.17) is 18.8 Å². The van der Waals surface area contributed by atoms with Gasteiger partial charge in [-0.2, -0.15) is 0 Å². The Morgan fingerprint density at radius 1 is 0.561 bits per heavy atom. The molecule has 1 atom stereocenters. The number of esters is 2. The van der Waals surface area contributed by atoms with Crippen molar-refractivity contribution in [2.75, 3.05) is 33.7 Å². The molecule has 7 nitrogen and oxygen atoms in total. The van der Waals surface area contributed by atoms with Crippen molar-refractivity contribution in [3.63, 3.8) is 0 Å². The van der Waals surface area contributed by atoms with Gasteiger partial charge in [0.05, 0.1) is 25.3 Å². The van der Waals surface area contributed by atoms with Crippen molar-refractivity contribution in [2.45, 2.75) is 239 Å². The molecule has 1 saturated heterocycles. The highest BCUT2D eigenvalue weighted by atomic mass is 79.9. The summed E-state index contributed by atoms with van der Waals surface area (Å²) in [7, 11) is 3.80. The number of ether oxygens (including phenoxy) is 2. The van der Waals surface area contributed by atoms with E-state index in [0.717, 1.165) is 51.4 Å². The van der Waals surface area contributed by atoms with Crippen LogP contribution in [0.5, 0.6) is 0 Å². The van der Waals surface area contributed by atoms with Gasteiger partial charge >= 0.3 is 19.1 Å². The summed E-state index contributed by atoms with van der Waals surface area (Å²) in [6, 6.07) is 0. The quantitative estimate of drug-likeness (QED) is 0.0204. The van der Waals surface area contributed by atoms with E-state index in [-0.39, 0.29) is 42.6 Å². The molecule has 0 radical (unpaired) electrons. The number of unbranched alkanes of at least 4 members (excludes halogenated alkanes) is 22. The van der Waals surface area contributed by atoms with Crippen LogP contribution in [0.1, 0.15) is 221 Å². The number of halogens is 1. The summed E-state index contributed by atoms with van der Waals surface area (Å²) in [6.07, 6.45) is 42.0. The molecule has 0 aromatic heterocycles. The van der Waals surface area contributed by atoms with Gasteiger partial charge in [-0.25, -0.2) is 0 Å². The maximum absolute atomic E-state index is 13.0. The fraction of sp³-hybridized carbons (Fsp3) is 0.875. The summed E-state index contributed by atoms with van der Waals surface area (Å²) in [6.45, 7) is 13.3. The molecule has 1 aliphatic heterocycles. The summed E-state index contributed by atoms with van der Waals surface area (Å²) in [4.78, 5) is 25.8. The van der Waals surface area contributed by atoms with Crippen LogP contribution in [0.4, 0.5) is 0 Å². The highest BCUT2D eigenvalue weighted by molar-refractivity contribution is 6.45. The van der Waals surface area contributed by atoms with E-state index < -0.39 is 17.3 Å². The molecule has 1 heterocycles. The van der Waals surface area contributed by atoms with E-state index in [1.165, 1.54) is 116 Å². The molecule has 0 amide bonds. The zero-order valence-corrected chi connectivity index (χ0v) is 40.2. The molecule has 0 aromatic rings. The standard InChI is InChI=1S/C48H91BNO6.BrH/c1-9-11-13-15-17-19-21-23-25-27-29-31-33-35-37-39-45(51)53-42-44(41-50(7,8)43-49-55-47(3,4)48(5,6)56-49)54-46(52)40-38-36-34-32-30-28-26-24-22-20-18-16-14-12-10-2;/h23-26,44H,9-22,27-43H2,1-8H3;1H/q+1;/p-1/b25-23-,26-24-;. The van der Waals surface area contributed by atoms with Crippen LogP contribution < -0.4 is 17.0 Å². The summed E-state index contributed by atoms with van der Waals surface area (Å²) in [5.41, 5.74) is -0.819. The Balaban J connectivity index is 0.0000314. The Kier molecular flexibility index (Phi) is 33.8. The fourth-order valence-electron chi connectivity index (χ4n) is 7.38. The predicted molar refractivity (Wildman–Crippen MR) is 238 cm³/mol. The zero-order valence-electron chi connectivity index (χ0n) is 38.7. The number of hydrogen-bond donors (Lipinski definition) is 0. The van der Waals surface area contributed by atoms with Crippen molar-refractivity contribution in [3.05, 3.63) is 24.3 Å². The van der Waals surface area contributed by atoms with Gasteiger partial charge in [0.15, 0.2) is 6.10 Å². The van der Waals surface area contributed by atoms with Crippen LogP contribution in [-0.2, 0) is 28.4 Å². The third kappa shape index (κ3) is 30.5. The van der Waals surface area contributed by atoms with Crippen molar-refractivity contribution < 1.29 is 49.8 Å². The van der Waals surface area contributed by atoms with Crippen LogP contribution >= 0.6 is 0 Å². The first-order valence-corrected chi connectivity index (χ1v) is 23.6. The molecule has 0 spiro atoms. The number of rotatable bonds is 37. The maximum Gasteiger partial charge on any atom is 0.517 e. The summed E-state index contributed by atoms with van der Waals surface area (Å²) in [5.74, 6) is -0.422. The minimum Gasteiger partial charge on any atom is -1.00 e. The molecular formula is C48H91BBrNO6. The van der Waals surface area contributed by atoms with Crippen LogP contribution in [0, 0.1) is 0 Å². The number of hydrogen-bond acceptors (Lipinski definition) is 6. The molecule has 0 aliphatic carbocycles. The van der Waals surface area contributed by atoms with E-state index in [1.54, 1.807) is 0 Å².